The van der Waals surface area contributed by atoms with Crippen LogP contribution in [0.25, 0.3) is 5.82 Å². The van der Waals surface area contributed by atoms with Gasteiger partial charge in [-0.15, -0.1) is 0 Å². The first-order valence-electron chi connectivity index (χ1n) is 7.79. The number of nitrogens with zero attached hydrogens (tertiary/aromatic N) is 3. The number of rotatable bonds is 4. The summed E-state index contributed by atoms with van der Waals surface area (Å²) >= 11 is 0. The van der Waals surface area contributed by atoms with Gasteiger partial charge >= 0.3 is 12.1 Å². The van der Waals surface area contributed by atoms with Crippen LogP contribution in [0.1, 0.15) is 36.0 Å². The molecule has 2 aromatic rings. The summed E-state index contributed by atoms with van der Waals surface area (Å²) in [5, 5.41) is 4.09. The van der Waals surface area contributed by atoms with Crippen molar-refractivity contribution >= 4 is 0 Å². The van der Waals surface area contributed by atoms with Crippen molar-refractivity contribution in [2.75, 3.05) is 7.11 Å². The van der Waals surface area contributed by atoms with Crippen LogP contribution in [0, 0.1) is 13.8 Å². The predicted molar refractivity (Wildman–Crippen MR) is 80.0 cm³/mol. The van der Waals surface area contributed by atoms with Crippen LogP contribution in [0.5, 0.6) is 0 Å². The fraction of sp³-hybridized carbons (Fsp3) is 0.562. The fourth-order valence-corrected chi connectivity index (χ4v) is 3.11. The smallest absolute Gasteiger partial charge is 0.381 e. The third-order valence-electron chi connectivity index (χ3n) is 4.65. The molecule has 0 amide bonds. The van der Waals surface area contributed by atoms with Crippen LogP contribution in [-0.2, 0) is 10.7 Å². The van der Waals surface area contributed by atoms with E-state index in [1.165, 1.54) is 7.11 Å². The number of aromatic nitrogens is 3. The van der Waals surface area contributed by atoms with E-state index in [2.05, 4.69) is 5.10 Å². The molecule has 4 nitrogen and oxygen atoms in total. The molecule has 1 aliphatic carbocycles. The topological polar surface area (TPSA) is 32.0 Å². The van der Waals surface area contributed by atoms with Gasteiger partial charge in [-0.1, -0.05) is 0 Å². The van der Waals surface area contributed by atoms with Crippen LogP contribution in [0.3, 0.4) is 0 Å². The number of aryl methyl sites for hydroxylation is 2. The first kappa shape index (κ1) is 17.9. The van der Waals surface area contributed by atoms with E-state index >= 15 is 0 Å². The number of alkyl halides is 5. The first-order chi connectivity index (χ1) is 11.6. The van der Waals surface area contributed by atoms with Crippen molar-refractivity contribution in [3.8, 4) is 5.82 Å². The molecular weight excluding hydrogens is 345 g/mol. The Morgan fingerprint density at radius 3 is 2.12 bits per heavy atom. The summed E-state index contributed by atoms with van der Waals surface area (Å²) in [5.41, 5.74) is 0.266. The minimum Gasteiger partial charge on any atom is -0.381 e. The first-order valence-corrected chi connectivity index (χ1v) is 7.79. The molecule has 0 bridgehead atoms. The highest BCUT2D eigenvalue weighted by molar-refractivity contribution is 5.35. The summed E-state index contributed by atoms with van der Waals surface area (Å²) in [7, 11) is 1.48. The van der Waals surface area contributed by atoms with Crippen molar-refractivity contribution < 1.29 is 26.7 Å². The van der Waals surface area contributed by atoms with Crippen LogP contribution in [0.4, 0.5) is 22.0 Å². The predicted octanol–water partition coefficient (Wildman–Crippen LogP) is 4.29. The van der Waals surface area contributed by atoms with Crippen LogP contribution < -0.4 is 0 Å². The third kappa shape index (κ3) is 2.84. The Bertz CT molecular complexity index is 752. The number of halogens is 5. The SMILES string of the molecule is CO[C@H]1C[C@@H](n2nc(-n3c(C)ccc3C)cc2C(F)(F)C(F)(F)F)C1. The number of methoxy groups -OCH3 is 1. The standard InChI is InChI=1S/C16H18F5N3O/c1-9-4-5-10(2)23(9)14-8-13(15(17,18)16(19,20)21)24(22-14)11-6-12(7-11)25-3/h4-5,8,11-12H,6-7H2,1-3H3/t11-,12+. The highest BCUT2D eigenvalue weighted by Crippen LogP contribution is 2.47. The Morgan fingerprint density at radius 1 is 1.08 bits per heavy atom. The van der Waals surface area contributed by atoms with Gasteiger partial charge in [0.2, 0.25) is 0 Å². The van der Waals surface area contributed by atoms with E-state index in [9.17, 15) is 22.0 Å². The van der Waals surface area contributed by atoms with E-state index in [0.717, 1.165) is 10.7 Å². The molecule has 1 fully saturated rings. The molecular formula is C16H18F5N3O. The summed E-state index contributed by atoms with van der Waals surface area (Å²) in [4.78, 5) is 0. The van der Waals surface area contributed by atoms with E-state index in [1.807, 2.05) is 0 Å². The molecule has 25 heavy (non-hydrogen) atoms. The summed E-state index contributed by atoms with van der Waals surface area (Å²) in [6, 6.07) is 3.78. The third-order valence-corrected chi connectivity index (χ3v) is 4.65. The largest absolute Gasteiger partial charge is 0.459 e. The van der Waals surface area contributed by atoms with Gasteiger partial charge in [0.05, 0.1) is 12.1 Å². The van der Waals surface area contributed by atoms with Crippen molar-refractivity contribution in [3.05, 3.63) is 35.3 Å². The summed E-state index contributed by atoms with van der Waals surface area (Å²) in [6.45, 7) is 3.47. The maximum Gasteiger partial charge on any atom is 0.459 e. The lowest BCUT2D eigenvalue weighted by Gasteiger charge is -2.36. The molecule has 0 radical (unpaired) electrons. The molecule has 0 aliphatic heterocycles. The molecule has 2 aromatic heterocycles. The molecule has 0 spiro atoms. The summed E-state index contributed by atoms with van der Waals surface area (Å²) in [6.07, 6.45) is -5.14. The minimum atomic E-state index is -5.69. The van der Waals surface area contributed by atoms with Crippen LogP contribution in [-0.4, -0.2) is 33.7 Å². The Labute approximate surface area is 141 Å². The van der Waals surface area contributed by atoms with Crippen molar-refractivity contribution in [2.24, 2.45) is 0 Å². The monoisotopic (exact) mass is 363 g/mol. The lowest BCUT2D eigenvalue weighted by atomic mass is 9.89. The molecule has 3 rings (SSSR count). The number of hydrogen-bond donors (Lipinski definition) is 0. The van der Waals surface area contributed by atoms with Gasteiger partial charge in [-0.05, 0) is 38.8 Å². The van der Waals surface area contributed by atoms with Gasteiger partial charge in [0.1, 0.15) is 5.69 Å². The zero-order valence-corrected chi connectivity index (χ0v) is 13.9. The van der Waals surface area contributed by atoms with Gasteiger partial charge in [0.25, 0.3) is 0 Å². The summed E-state index contributed by atoms with van der Waals surface area (Å²) < 4.78 is 74.3. The lowest BCUT2D eigenvalue weighted by Crippen LogP contribution is -2.40. The van der Waals surface area contributed by atoms with Crippen LogP contribution in [0.2, 0.25) is 0 Å². The lowest BCUT2D eigenvalue weighted by molar-refractivity contribution is -0.292. The maximum atomic E-state index is 14.1. The van der Waals surface area contributed by atoms with Crippen LogP contribution in [0.15, 0.2) is 18.2 Å². The molecule has 0 N–H and O–H groups in total. The molecule has 1 saturated carbocycles. The maximum absolute atomic E-state index is 14.1. The van der Waals surface area contributed by atoms with E-state index in [-0.39, 0.29) is 11.9 Å². The zero-order chi connectivity index (χ0) is 18.6. The molecule has 0 saturated heterocycles. The second kappa shape index (κ2) is 5.82. The van der Waals surface area contributed by atoms with Gasteiger partial charge in [0.15, 0.2) is 5.82 Å². The van der Waals surface area contributed by atoms with Gasteiger partial charge < -0.3 is 9.30 Å². The number of ether oxygens (including phenoxy) is 1. The van der Waals surface area contributed by atoms with Gasteiger partial charge in [-0.25, -0.2) is 0 Å². The average molecular weight is 363 g/mol. The quantitative estimate of drug-likeness (QED) is 0.759. The van der Waals surface area contributed by atoms with E-state index in [1.54, 1.807) is 30.5 Å². The van der Waals surface area contributed by atoms with Gasteiger partial charge in [0, 0.05) is 24.6 Å². The highest BCUT2D eigenvalue weighted by atomic mass is 19.4. The average Bonchev–Trinajstić information content (AvgIpc) is 3.01. The zero-order valence-electron chi connectivity index (χ0n) is 13.9. The van der Waals surface area contributed by atoms with Crippen molar-refractivity contribution in [2.45, 2.75) is 50.9 Å². The van der Waals surface area contributed by atoms with E-state index in [0.29, 0.717) is 24.2 Å². The van der Waals surface area contributed by atoms with E-state index in [4.69, 9.17) is 4.74 Å². The molecule has 0 atom stereocenters. The number of hydrogen-bond acceptors (Lipinski definition) is 2. The highest BCUT2D eigenvalue weighted by Gasteiger charge is 2.61. The molecule has 138 valence electrons. The van der Waals surface area contributed by atoms with Crippen molar-refractivity contribution in [3.63, 3.8) is 0 Å². The van der Waals surface area contributed by atoms with Crippen molar-refractivity contribution in [1.29, 1.82) is 0 Å². The van der Waals surface area contributed by atoms with E-state index < -0.39 is 23.8 Å². The molecule has 0 unspecified atom stereocenters. The fourth-order valence-electron chi connectivity index (χ4n) is 3.11. The molecule has 2 heterocycles. The Kier molecular flexibility index (Phi) is 4.17. The van der Waals surface area contributed by atoms with Gasteiger partial charge in [-0.3, -0.25) is 4.68 Å². The normalized spacial score (nSPS) is 21.4. The molecule has 0 aromatic carbocycles. The summed E-state index contributed by atoms with van der Waals surface area (Å²) in [5.74, 6) is -4.93. The second-order valence-electron chi connectivity index (χ2n) is 6.34. The Balaban J connectivity index is 2.10. The molecule has 1 aliphatic rings. The molecule has 9 heteroatoms. The van der Waals surface area contributed by atoms with Gasteiger partial charge in [-0.2, -0.15) is 27.1 Å². The Morgan fingerprint density at radius 2 is 1.64 bits per heavy atom. The van der Waals surface area contributed by atoms with Crippen LogP contribution >= 0.6 is 0 Å². The second-order valence-corrected chi connectivity index (χ2v) is 6.34. The Hall–Kier alpha value is -1.90. The minimum absolute atomic E-state index is 0.0554. The van der Waals surface area contributed by atoms with Crippen molar-refractivity contribution in [1.82, 2.24) is 14.3 Å².